The average molecular weight is 475 g/mol. The van der Waals surface area contributed by atoms with Crippen LogP contribution >= 0.6 is 0 Å². The summed E-state index contributed by atoms with van der Waals surface area (Å²) >= 11 is 0. The van der Waals surface area contributed by atoms with Crippen LogP contribution in [0.15, 0.2) is 71.8 Å². The molecule has 8 heteroatoms. The first-order valence-corrected chi connectivity index (χ1v) is 13.1. The van der Waals surface area contributed by atoms with Crippen LogP contribution in [-0.4, -0.2) is 34.3 Å². The van der Waals surface area contributed by atoms with Gasteiger partial charge in [0.1, 0.15) is 0 Å². The van der Waals surface area contributed by atoms with Gasteiger partial charge in [0.05, 0.1) is 33.0 Å². The number of anilines is 1. The Morgan fingerprint density at radius 3 is 2.56 bits per heavy atom. The third-order valence-electron chi connectivity index (χ3n) is 6.38. The molecule has 2 heterocycles. The van der Waals surface area contributed by atoms with Gasteiger partial charge in [-0.2, -0.15) is 5.10 Å². The number of carbonyl (C=O) groups excluding carboxylic acids is 1. The van der Waals surface area contributed by atoms with Gasteiger partial charge in [-0.15, -0.1) is 0 Å². The van der Waals surface area contributed by atoms with Gasteiger partial charge in [0.25, 0.3) is 5.91 Å². The maximum atomic E-state index is 13.4. The summed E-state index contributed by atoms with van der Waals surface area (Å²) in [5.74, 6) is -0.337. The second kappa shape index (κ2) is 9.02. The fourth-order valence-corrected chi connectivity index (χ4v) is 6.46. The number of aromatic nitrogens is 3. The van der Waals surface area contributed by atoms with Gasteiger partial charge in [-0.3, -0.25) is 4.79 Å². The summed E-state index contributed by atoms with van der Waals surface area (Å²) in [6.07, 6.45) is 4.91. The number of pyridine rings is 1. The molecule has 1 aliphatic rings. The Morgan fingerprint density at radius 1 is 1.06 bits per heavy atom. The molecule has 0 spiro atoms. The first-order valence-electron chi connectivity index (χ1n) is 11.5. The first-order chi connectivity index (χ1) is 16.5. The number of fused-ring (bicyclic) bond motifs is 1. The molecule has 34 heavy (non-hydrogen) atoms. The van der Waals surface area contributed by atoms with Gasteiger partial charge in [-0.05, 0) is 44.0 Å². The number of carbonyl (C=O) groups is 1. The maximum Gasteiger partial charge on any atom is 0.256 e. The molecule has 2 aromatic heterocycles. The highest BCUT2D eigenvalue weighted by Crippen LogP contribution is 2.31. The molecule has 5 rings (SSSR count). The molecule has 0 aliphatic heterocycles. The normalized spacial score (nSPS) is 14.5. The molecule has 0 unspecified atom stereocenters. The van der Waals surface area contributed by atoms with Crippen molar-refractivity contribution in [2.24, 2.45) is 0 Å². The number of hydrogen-bond donors (Lipinski definition) is 1. The molecule has 2 aromatic carbocycles. The Morgan fingerprint density at radius 2 is 1.82 bits per heavy atom. The van der Waals surface area contributed by atoms with Crippen LogP contribution in [0.2, 0.25) is 0 Å². The van der Waals surface area contributed by atoms with Crippen LogP contribution < -0.4 is 5.32 Å². The second-order valence-corrected chi connectivity index (χ2v) is 10.8. The molecule has 1 fully saturated rings. The van der Waals surface area contributed by atoms with Gasteiger partial charge >= 0.3 is 0 Å². The first kappa shape index (κ1) is 22.3. The predicted octanol–water partition coefficient (Wildman–Crippen LogP) is 5.09. The molecule has 1 aliphatic carbocycles. The quantitative estimate of drug-likeness (QED) is 0.420. The number of rotatable bonds is 6. The molecule has 0 atom stereocenters. The van der Waals surface area contributed by atoms with E-state index < -0.39 is 9.84 Å². The molecule has 1 saturated carbocycles. The van der Waals surface area contributed by atoms with Crippen molar-refractivity contribution < 1.29 is 13.2 Å². The van der Waals surface area contributed by atoms with E-state index in [4.69, 9.17) is 4.98 Å². The number of aryl methyl sites for hydroxylation is 1. The number of sulfone groups is 1. The van der Waals surface area contributed by atoms with Crippen molar-refractivity contribution in [1.29, 1.82) is 0 Å². The van der Waals surface area contributed by atoms with E-state index in [1.807, 2.05) is 37.3 Å². The zero-order valence-electron chi connectivity index (χ0n) is 18.9. The lowest BCUT2D eigenvalue weighted by molar-refractivity contribution is 0.102. The topological polar surface area (TPSA) is 94.0 Å². The van der Waals surface area contributed by atoms with E-state index >= 15 is 0 Å². The predicted molar refractivity (Wildman–Crippen MR) is 132 cm³/mol. The second-order valence-electron chi connectivity index (χ2n) is 8.55. The van der Waals surface area contributed by atoms with Crippen LogP contribution in [0, 0.1) is 0 Å². The standard InChI is InChI=1S/C26H26N4O3S/c1-2-30-25-23(17-27-30)22(16-24(29-25)18-9-4-3-5-10-18)26(31)28-19-11-8-14-21(15-19)34(32,33)20-12-6-7-13-20/h3-5,8-11,14-17,20H,2,6-7,12-13H2,1H3,(H,28,31). The van der Waals surface area contributed by atoms with Gasteiger partial charge in [0.2, 0.25) is 0 Å². The number of benzene rings is 2. The van der Waals surface area contributed by atoms with Gasteiger partial charge in [0.15, 0.2) is 15.5 Å². The lowest BCUT2D eigenvalue weighted by atomic mass is 10.1. The minimum Gasteiger partial charge on any atom is -0.322 e. The van der Waals surface area contributed by atoms with Gasteiger partial charge < -0.3 is 5.32 Å². The lowest BCUT2D eigenvalue weighted by Crippen LogP contribution is -2.18. The molecule has 0 bridgehead atoms. The Hall–Kier alpha value is -3.52. The van der Waals surface area contributed by atoms with Gasteiger partial charge in [-0.25, -0.2) is 18.1 Å². The third-order valence-corrected chi connectivity index (χ3v) is 8.64. The SMILES string of the molecule is CCn1ncc2c(C(=O)Nc3cccc(S(=O)(=O)C4CCCC4)c3)cc(-c3ccccc3)nc21. The summed E-state index contributed by atoms with van der Waals surface area (Å²) in [6.45, 7) is 2.59. The summed E-state index contributed by atoms with van der Waals surface area (Å²) in [4.78, 5) is 18.4. The Labute approximate surface area is 198 Å². The summed E-state index contributed by atoms with van der Waals surface area (Å²) in [6, 6.07) is 18.0. The lowest BCUT2D eigenvalue weighted by Gasteiger charge is -2.13. The van der Waals surface area contributed by atoms with E-state index in [9.17, 15) is 13.2 Å². The average Bonchev–Trinajstić information content (AvgIpc) is 3.55. The van der Waals surface area contributed by atoms with Crippen molar-refractivity contribution >= 4 is 32.5 Å². The van der Waals surface area contributed by atoms with E-state index in [2.05, 4.69) is 10.4 Å². The summed E-state index contributed by atoms with van der Waals surface area (Å²) in [5, 5.41) is 7.58. The molecular formula is C26H26N4O3S. The minimum absolute atomic E-state index is 0.251. The third kappa shape index (κ3) is 4.09. The molecule has 1 N–H and O–H groups in total. The molecule has 4 aromatic rings. The van der Waals surface area contributed by atoms with Gasteiger partial charge in [-0.1, -0.05) is 49.2 Å². The highest BCUT2D eigenvalue weighted by atomic mass is 32.2. The number of hydrogen-bond acceptors (Lipinski definition) is 5. The summed E-state index contributed by atoms with van der Waals surface area (Å²) < 4.78 is 27.8. The van der Waals surface area contributed by atoms with E-state index in [-0.39, 0.29) is 16.1 Å². The van der Waals surface area contributed by atoms with Crippen molar-refractivity contribution in [3.05, 3.63) is 72.4 Å². The van der Waals surface area contributed by atoms with Crippen molar-refractivity contribution in [2.45, 2.75) is 49.3 Å². The molecular weight excluding hydrogens is 448 g/mol. The van der Waals surface area contributed by atoms with Crippen LogP contribution in [0.4, 0.5) is 5.69 Å². The largest absolute Gasteiger partial charge is 0.322 e. The van der Waals surface area contributed by atoms with Crippen LogP contribution in [0.3, 0.4) is 0 Å². The van der Waals surface area contributed by atoms with Crippen molar-refractivity contribution in [1.82, 2.24) is 14.8 Å². The highest BCUT2D eigenvalue weighted by Gasteiger charge is 2.30. The summed E-state index contributed by atoms with van der Waals surface area (Å²) in [5.41, 5.74) is 3.08. The fourth-order valence-electron chi connectivity index (χ4n) is 4.56. The zero-order valence-corrected chi connectivity index (χ0v) is 19.8. The fraction of sp³-hybridized carbons (Fsp3) is 0.269. The number of nitrogens with zero attached hydrogens (tertiary/aromatic N) is 3. The minimum atomic E-state index is -3.41. The van der Waals surface area contributed by atoms with Crippen LogP contribution in [0.5, 0.6) is 0 Å². The van der Waals surface area contributed by atoms with E-state index in [0.29, 0.717) is 47.4 Å². The number of nitrogens with one attached hydrogen (secondary N) is 1. The van der Waals surface area contributed by atoms with Gasteiger partial charge in [0, 0.05) is 17.8 Å². The Kier molecular flexibility index (Phi) is 5.91. The zero-order chi connectivity index (χ0) is 23.7. The monoisotopic (exact) mass is 474 g/mol. The Balaban J connectivity index is 1.51. The molecule has 0 radical (unpaired) electrons. The van der Waals surface area contributed by atoms with E-state index in [0.717, 1.165) is 18.4 Å². The van der Waals surface area contributed by atoms with Crippen molar-refractivity contribution in [3.8, 4) is 11.3 Å². The molecule has 174 valence electrons. The molecule has 1 amide bonds. The van der Waals surface area contributed by atoms with Crippen LogP contribution in [-0.2, 0) is 16.4 Å². The van der Waals surface area contributed by atoms with Crippen molar-refractivity contribution in [3.63, 3.8) is 0 Å². The van der Waals surface area contributed by atoms with Crippen molar-refractivity contribution in [2.75, 3.05) is 5.32 Å². The summed E-state index contributed by atoms with van der Waals surface area (Å²) in [7, 11) is -3.41. The maximum absolute atomic E-state index is 13.4. The number of amides is 1. The van der Waals surface area contributed by atoms with E-state index in [1.54, 1.807) is 41.2 Å². The Bertz CT molecular complexity index is 1460. The molecule has 0 saturated heterocycles. The smallest absolute Gasteiger partial charge is 0.256 e. The van der Waals surface area contributed by atoms with E-state index in [1.165, 1.54) is 0 Å². The van der Waals surface area contributed by atoms with Crippen LogP contribution in [0.1, 0.15) is 43.0 Å². The molecule has 7 nitrogen and oxygen atoms in total. The van der Waals surface area contributed by atoms with Crippen LogP contribution in [0.25, 0.3) is 22.3 Å². The highest BCUT2D eigenvalue weighted by molar-refractivity contribution is 7.92.